The van der Waals surface area contributed by atoms with Gasteiger partial charge in [0.25, 0.3) is 0 Å². The van der Waals surface area contributed by atoms with Gasteiger partial charge in [-0.2, -0.15) is 0 Å². The lowest BCUT2D eigenvalue weighted by Crippen LogP contribution is -2.18. The summed E-state index contributed by atoms with van der Waals surface area (Å²) in [6, 6.07) is 0. The van der Waals surface area contributed by atoms with E-state index in [0.717, 1.165) is 19.5 Å². The highest BCUT2D eigenvalue weighted by molar-refractivity contribution is 4.65. The van der Waals surface area contributed by atoms with Crippen LogP contribution in [0.15, 0.2) is 0 Å². The molecule has 10 heavy (non-hydrogen) atoms. The van der Waals surface area contributed by atoms with Gasteiger partial charge < -0.3 is 5.32 Å². The maximum atomic E-state index is 12.8. The molecular weight excluding hydrogens is 129 g/mol. The summed E-state index contributed by atoms with van der Waals surface area (Å²) in [6.07, 6.45) is 1.58. The third-order valence-electron chi connectivity index (χ3n) is 1.37. The van der Waals surface area contributed by atoms with Gasteiger partial charge in [-0.15, -0.1) is 0 Å². The Morgan fingerprint density at radius 1 is 1.40 bits per heavy atom. The number of alkyl halides is 1. The quantitative estimate of drug-likeness (QED) is 0.587. The van der Waals surface area contributed by atoms with Gasteiger partial charge in [0.1, 0.15) is 5.67 Å². The molecule has 0 unspecified atom stereocenters. The molecule has 0 atom stereocenters. The minimum absolute atomic E-state index is 0.653. The van der Waals surface area contributed by atoms with E-state index in [-0.39, 0.29) is 0 Å². The van der Waals surface area contributed by atoms with Gasteiger partial charge in [0.2, 0.25) is 0 Å². The molecule has 0 fully saturated rings. The molecule has 1 N–H and O–H groups in total. The van der Waals surface area contributed by atoms with Crippen LogP contribution in [0.25, 0.3) is 0 Å². The van der Waals surface area contributed by atoms with E-state index in [9.17, 15) is 4.39 Å². The number of nitrogens with one attached hydrogen (secondary N) is 1. The Kier molecular flexibility index (Phi) is 4.62. The van der Waals surface area contributed by atoms with Crippen LogP contribution in [0.2, 0.25) is 0 Å². The lowest BCUT2D eigenvalue weighted by Gasteiger charge is -2.12. The van der Waals surface area contributed by atoms with Gasteiger partial charge in [0, 0.05) is 0 Å². The van der Waals surface area contributed by atoms with Crippen LogP contribution in [0.1, 0.15) is 33.6 Å². The first kappa shape index (κ1) is 9.89. The van der Waals surface area contributed by atoms with Crippen LogP contribution in [-0.2, 0) is 0 Å². The van der Waals surface area contributed by atoms with Crippen LogP contribution >= 0.6 is 0 Å². The van der Waals surface area contributed by atoms with Crippen molar-refractivity contribution in [1.29, 1.82) is 0 Å². The highest BCUT2D eigenvalue weighted by Gasteiger charge is 2.13. The van der Waals surface area contributed by atoms with Crippen LogP contribution in [0.5, 0.6) is 0 Å². The molecule has 0 amide bonds. The minimum Gasteiger partial charge on any atom is -0.317 e. The number of hydrogen-bond acceptors (Lipinski definition) is 1. The van der Waals surface area contributed by atoms with Crippen molar-refractivity contribution in [3.63, 3.8) is 0 Å². The molecule has 0 spiro atoms. The zero-order valence-electron chi connectivity index (χ0n) is 7.21. The molecule has 0 saturated heterocycles. The topological polar surface area (TPSA) is 12.0 Å². The molecule has 0 aromatic rings. The van der Waals surface area contributed by atoms with Gasteiger partial charge in [0.15, 0.2) is 0 Å². The third-order valence-corrected chi connectivity index (χ3v) is 1.37. The summed E-state index contributed by atoms with van der Waals surface area (Å²) < 4.78 is 12.8. The Hall–Kier alpha value is -0.110. The maximum Gasteiger partial charge on any atom is 0.105 e. The Bertz CT molecular complexity index is 75.8. The third kappa shape index (κ3) is 7.89. The summed E-state index contributed by atoms with van der Waals surface area (Å²) in [5, 5.41) is 3.15. The molecule has 0 saturated carbocycles. The second-order valence-electron chi connectivity index (χ2n) is 3.18. The van der Waals surface area contributed by atoms with E-state index in [1.54, 1.807) is 13.8 Å². The first-order chi connectivity index (χ1) is 4.56. The van der Waals surface area contributed by atoms with E-state index in [1.807, 2.05) is 0 Å². The number of rotatable bonds is 5. The molecule has 2 heteroatoms. The monoisotopic (exact) mass is 147 g/mol. The molecule has 0 aliphatic rings. The van der Waals surface area contributed by atoms with Crippen molar-refractivity contribution < 1.29 is 4.39 Å². The average molecular weight is 147 g/mol. The van der Waals surface area contributed by atoms with Gasteiger partial charge >= 0.3 is 0 Å². The van der Waals surface area contributed by atoms with Crippen molar-refractivity contribution in [2.75, 3.05) is 13.1 Å². The van der Waals surface area contributed by atoms with E-state index >= 15 is 0 Å². The molecule has 62 valence electrons. The smallest absolute Gasteiger partial charge is 0.105 e. The Balaban J connectivity index is 3.04. The van der Waals surface area contributed by atoms with E-state index in [0.29, 0.717) is 6.42 Å². The molecule has 0 heterocycles. The van der Waals surface area contributed by atoms with Crippen LogP contribution < -0.4 is 5.32 Å². The zero-order valence-corrected chi connectivity index (χ0v) is 7.21. The molecular formula is C8H18FN. The number of halogens is 1. The average Bonchev–Trinajstić information content (AvgIpc) is 1.78. The Morgan fingerprint density at radius 2 is 2.00 bits per heavy atom. The fourth-order valence-electron chi connectivity index (χ4n) is 0.811. The molecule has 0 rings (SSSR count). The highest BCUT2D eigenvalue weighted by Crippen LogP contribution is 2.14. The van der Waals surface area contributed by atoms with Gasteiger partial charge in [-0.1, -0.05) is 6.92 Å². The van der Waals surface area contributed by atoms with Crippen LogP contribution in [0.3, 0.4) is 0 Å². The maximum absolute atomic E-state index is 12.8. The SMILES string of the molecule is CCNCCCC(C)(C)F. The summed E-state index contributed by atoms with van der Waals surface area (Å²) in [7, 11) is 0. The first-order valence-electron chi connectivity index (χ1n) is 3.96. The molecule has 0 aliphatic carbocycles. The summed E-state index contributed by atoms with van der Waals surface area (Å²) in [5.41, 5.74) is -0.991. The van der Waals surface area contributed by atoms with E-state index < -0.39 is 5.67 Å². The van der Waals surface area contributed by atoms with Crippen molar-refractivity contribution in [3.05, 3.63) is 0 Å². The summed E-state index contributed by atoms with van der Waals surface area (Å²) >= 11 is 0. The van der Waals surface area contributed by atoms with Crippen molar-refractivity contribution in [1.82, 2.24) is 5.32 Å². The van der Waals surface area contributed by atoms with E-state index in [2.05, 4.69) is 12.2 Å². The van der Waals surface area contributed by atoms with Gasteiger partial charge in [-0.25, -0.2) is 4.39 Å². The van der Waals surface area contributed by atoms with Gasteiger partial charge in [-0.3, -0.25) is 0 Å². The molecule has 0 radical (unpaired) electrons. The second-order valence-corrected chi connectivity index (χ2v) is 3.18. The Labute approximate surface area is 63.0 Å². The van der Waals surface area contributed by atoms with Gasteiger partial charge in [0.05, 0.1) is 0 Å². The van der Waals surface area contributed by atoms with Crippen molar-refractivity contribution in [2.24, 2.45) is 0 Å². The Morgan fingerprint density at radius 3 is 2.40 bits per heavy atom. The number of hydrogen-bond donors (Lipinski definition) is 1. The first-order valence-corrected chi connectivity index (χ1v) is 3.96. The van der Waals surface area contributed by atoms with Crippen molar-refractivity contribution in [2.45, 2.75) is 39.3 Å². The molecule has 0 aromatic heterocycles. The van der Waals surface area contributed by atoms with Crippen molar-refractivity contribution in [3.8, 4) is 0 Å². The lowest BCUT2D eigenvalue weighted by atomic mass is 10.1. The molecule has 0 bridgehead atoms. The predicted octanol–water partition coefficient (Wildman–Crippen LogP) is 2.12. The highest BCUT2D eigenvalue weighted by atomic mass is 19.1. The van der Waals surface area contributed by atoms with Crippen LogP contribution in [0.4, 0.5) is 4.39 Å². The van der Waals surface area contributed by atoms with E-state index in [4.69, 9.17) is 0 Å². The summed E-state index contributed by atoms with van der Waals surface area (Å²) in [4.78, 5) is 0. The predicted molar refractivity (Wildman–Crippen MR) is 43.0 cm³/mol. The second kappa shape index (κ2) is 4.67. The molecule has 0 aliphatic heterocycles. The van der Waals surface area contributed by atoms with Crippen LogP contribution in [-0.4, -0.2) is 18.8 Å². The lowest BCUT2D eigenvalue weighted by molar-refractivity contribution is 0.197. The summed E-state index contributed by atoms with van der Waals surface area (Å²) in [5.74, 6) is 0. The fraction of sp³-hybridized carbons (Fsp3) is 1.00. The minimum atomic E-state index is -0.991. The van der Waals surface area contributed by atoms with Crippen LogP contribution in [0, 0.1) is 0 Å². The normalized spacial score (nSPS) is 12.0. The standard InChI is InChI=1S/C8H18FN/c1-4-10-7-5-6-8(2,3)9/h10H,4-7H2,1-3H3. The largest absolute Gasteiger partial charge is 0.317 e. The van der Waals surface area contributed by atoms with E-state index in [1.165, 1.54) is 0 Å². The molecule has 0 aromatic carbocycles. The summed E-state index contributed by atoms with van der Waals surface area (Å²) in [6.45, 7) is 7.22. The zero-order chi connectivity index (χ0) is 8.04. The fourth-order valence-corrected chi connectivity index (χ4v) is 0.811. The van der Waals surface area contributed by atoms with Gasteiger partial charge in [-0.05, 0) is 39.8 Å². The van der Waals surface area contributed by atoms with Crippen molar-refractivity contribution >= 4 is 0 Å². The molecule has 1 nitrogen and oxygen atoms in total.